The summed E-state index contributed by atoms with van der Waals surface area (Å²) in [6.45, 7) is 3.91. The number of methoxy groups -OCH3 is 1. The van der Waals surface area contributed by atoms with E-state index >= 15 is 4.39 Å². The Balaban J connectivity index is 1.73. The van der Waals surface area contributed by atoms with Crippen LogP contribution in [0.25, 0.3) is 0 Å². The van der Waals surface area contributed by atoms with Gasteiger partial charge in [0.2, 0.25) is 5.75 Å². The average Bonchev–Trinajstić information content (AvgIpc) is 3.44. The molecule has 1 unspecified atom stereocenters. The van der Waals surface area contributed by atoms with Crippen LogP contribution in [0.3, 0.4) is 0 Å². The van der Waals surface area contributed by atoms with Crippen molar-refractivity contribution in [2.24, 2.45) is 0 Å². The highest BCUT2D eigenvalue weighted by Gasteiger charge is 2.55. The highest BCUT2D eigenvalue weighted by Crippen LogP contribution is 2.56. The number of nitriles is 1. The molecule has 162 valence electrons. The Morgan fingerprint density at radius 1 is 1.27 bits per heavy atom. The molecule has 1 aromatic rings. The van der Waals surface area contributed by atoms with Crippen molar-refractivity contribution < 1.29 is 28.1 Å². The SMILES string of the molecule is COC(=O)c1c(C)c2c(c(F)c1C1(C#N)CC1)OC(C)([C@@H]1CC[C@@H](N(C)C)CO1)O2. The summed E-state index contributed by atoms with van der Waals surface area (Å²) in [5.41, 5.74) is -0.507. The van der Waals surface area contributed by atoms with Gasteiger partial charge in [-0.25, -0.2) is 9.18 Å². The van der Waals surface area contributed by atoms with Gasteiger partial charge in [0.15, 0.2) is 11.6 Å². The van der Waals surface area contributed by atoms with Gasteiger partial charge in [0.1, 0.15) is 6.10 Å². The van der Waals surface area contributed by atoms with E-state index in [9.17, 15) is 10.1 Å². The molecule has 1 aliphatic carbocycles. The van der Waals surface area contributed by atoms with Crippen molar-refractivity contribution in [2.45, 2.75) is 62.9 Å². The maximum atomic E-state index is 15.7. The van der Waals surface area contributed by atoms with E-state index in [1.165, 1.54) is 7.11 Å². The molecule has 0 amide bonds. The molecule has 30 heavy (non-hydrogen) atoms. The zero-order chi connectivity index (χ0) is 21.8. The molecule has 0 aromatic heterocycles. The van der Waals surface area contributed by atoms with Crippen molar-refractivity contribution in [1.82, 2.24) is 4.90 Å². The first-order chi connectivity index (χ1) is 14.2. The maximum Gasteiger partial charge on any atom is 0.338 e. The average molecular weight is 418 g/mol. The Morgan fingerprint density at radius 2 is 1.93 bits per heavy atom. The normalized spacial score (nSPS) is 28.9. The number of nitrogens with zero attached hydrogens (tertiary/aromatic N) is 2. The Kier molecular flexibility index (Phi) is 4.94. The third-order valence-corrected chi connectivity index (χ3v) is 6.60. The lowest BCUT2D eigenvalue weighted by atomic mass is 9.88. The molecule has 0 radical (unpaired) electrons. The fourth-order valence-electron chi connectivity index (χ4n) is 4.47. The van der Waals surface area contributed by atoms with Gasteiger partial charge in [-0.2, -0.15) is 5.26 Å². The molecule has 0 spiro atoms. The summed E-state index contributed by atoms with van der Waals surface area (Å²) < 4.78 is 38.8. The largest absolute Gasteiger partial charge is 0.465 e. The molecule has 2 aliphatic heterocycles. The van der Waals surface area contributed by atoms with Gasteiger partial charge in [0, 0.05) is 24.1 Å². The third kappa shape index (κ3) is 3.03. The van der Waals surface area contributed by atoms with Crippen molar-refractivity contribution in [3.63, 3.8) is 0 Å². The maximum absolute atomic E-state index is 15.7. The van der Waals surface area contributed by atoms with Gasteiger partial charge >= 0.3 is 5.97 Å². The number of carbonyl (C=O) groups excluding carboxylic acids is 1. The van der Waals surface area contributed by atoms with Crippen LogP contribution in [0.1, 0.15) is 54.1 Å². The molecule has 8 heteroatoms. The quantitative estimate of drug-likeness (QED) is 0.695. The summed E-state index contributed by atoms with van der Waals surface area (Å²) in [4.78, 5) is 14.6. The van der Waals surface area contributed by atoms with Crippen LogP contribution in [0.2, 0.25) is 0 Å². The van der Waals surface area contributed by atoms with Gasteiger partial charge in [-0.3, -0.25) is 0 Å². The zero-order valence-electron chi connectivity index (χ0n) is 18.0. The fourth-order valence-corrected chi connectivity index (χ4v) is 4.47. The van der Waals surface area contributed by atoms with Crippen molar-refractivity contribution in [2.75, 3.05) is 27.8 Å². The summed E-state index contributed by atoms with van der Waals surface area (Å²) in [5.74, 6) is -2.52. The first kappa shape index (κ1) is 20.9. The van der Waals surface area contributed by atoms with Gasteiger partial charge in [0.25, 0.3) is 5.79 Å². The number of esters is 1. The van der Waals surface area contributed by atoms with E-state index in [1.54, 1.807) is 13.8 Å². The minimum Gasteiger partial charge on any atom is -0.465 e. The van der Waals surface area contributed by atoms with Crippen molar-refractivity contribution >= 4 is 5.97 Å². The Bertz CT molecular complexity index is 929. The van der Waals surface area contributed by atoms with Crippen LogP contribution >= 0.6 is 0 Å². The molecule has 1 saturated carbocycles. The van der Waals surface area contributed by atoms with E-state index in [0.29, 0.717) is 37.5 Å². The number of ether oxygens (including phenoxy) is 4. The highest BCUT2D eigenvalue weighted by atomic mass is 19.1. The lowest BCUT2D eigenvalue weighted by Crippen LogP contribution is -2.53. The summed E-state index contributed by atoms with van der Waals surface area (Å²) in [5, 5.41) is 9.66. The summed E-state index contributed by atoms with van der Waals surface area (Å²) in [7, 11) is 5.25. The van der Waals surface area contributed by atoms with E-state index in [-0.39, 0.29) is 22.6 Å². The fraction of sp³-hybridized carbons (Fsp3) is 0.636. The molecule has 4 rings (SSSR count). The van der Waals surface area contributed by atoms with Gasteiger partial charge in [-0.15, -0.1) is 0 Å². The third-order valence-electron chi connectivity index (χ3n) is 6.60. The van der Waals surface area contributed by atoms with Gasteiger partial charge in [-0.05, 0) is 46.7 Å². The Morgan fingerprint density at radius 3 is 2.43 bits per heavy atom. The summed E-state index contributed by atoms with van der Waals surface area (Å²) in [6.07, 6.45) is 2.16. The monoisotopic (exact) mass is 418 g/mol. The molecule has 7 nitrogen and oxygen atoms in total. The van der Waals surface area contributed by atoms with Crippen LogP contribution < -0.4 is 9.47 Å². The second-order valence-corrected chi connectivity index (χ2v) is 8.77. The van der Waals surface area contributed by atoms with Crippen LogP contribution in [0.15, 0.2) is 0 Å². The van der Waals surface area contributed by atoms with Gasteiger partial charge in [-0.1, -0.05) is 0 Å². The van der Waals surface area contributed by atoms with Crippen LogP contribution in [0.4, 0.5) is 4.39 Å². The topological polar surface area (TPSA) is 81.0 Å². The number of fused-ring (bicyclic) bond motifs is 1. The predicted octanol–water partition coefficient (Wildman–Crippen LogP) is 3.07. The van der Waals surface area contributed by atoms with Crippen LogP contribution in [0.5, 0.6) is 11.5 Å². The number of hydrogen-bond donors (Lipinski definition) is 0. The highest BCUT2D eigenvalue weighted by molar-refractivity contribution is 5.95. The molecule has 3 atom stereocenters. The second kappa shape index (κ2) is 7.10. The number of rotatable bonds is 4. The number of benzene rings is 1. The molecule has 1 saturated heterocycles. The first-order valence-corrected chi connectivity index (χ1v) is 10.2. The van der Waals surface area contributed by atoms with Gasteiger partial charge < -0.3 is 23.8 Å². The van der Waals surface area contributed by atoms with Crippen LogP contribution in [-0.4, -0.2) is 56.6 Å². The van der Waals surface area contributed by atoms with Crippen molar-refractivity contribution in [1.29, 1.82) is 5.26 Å². The van der Waals surface area contributed by atoms with Gasteiger partial charge in [0.05, 0.1) is 30.8 Å². The molecular formula is C22H27FN2O5. The minimum atomic E-state index is -1.22. The Labute approximate surface area is 175 Å². The molecule has 0 bridgehead atoms. The van der Waals surface area contributed by atoms with E-state index < -0.39 is 29.1 Å². The summed E-state index contributed by atoms with van der Waals surface area (Å²) >= 11 is 0. The first-order valence-electron chi connectivity index (χ1n) is 10.2. The summed E-state index contributed by atoms with van der Waals surface area (Å²) in [6, 6.07) is 2.47. The Hall–Kier alpha value is -2.37. The lowest BCUT2D eigenvalue weighted by molar-refractivity contribution is -0.191. The molecule has 2 heterocycles. The smallest absolute Gasteiger partial charge is 0.338 e. The predicted molar refractivity (Wildman–Crippen MR) is 105 cm³/mol. The molecule has 1 aromatic carbocycles. The van der Waals surface area contributed by atoms with Crippen molar-refractivity contribution in [3.05, 3.63) is 22.5 Å². The standard InChI is InChI=1S/C22H27FN2O5/c1-12-15(20(26)27-5)16(22(11-24)8-9-22)17(23)19-18(12)29-21(2,30-19)14-7-6-13(10-28-14)25(3)4/h13-14H,6-10H2,1-5H3/t13-,14+,21?/m1/s1. The van der Waals surface area contributed by atoms with Crippen molar-refractivity contribution in [3.8, 4) is 17.6 Å². The molecule has 3 aliphatic rings. The molecule has 2 fully saturated rings. The lowest BCUT2D eigenvalue weighted by Gasteiger charge is -2.38. The minimum absolute atomic E-state index is 0.0536. The zero-order valence-corrected chi connectivity index (χ0v) is 18.0. The van der Waals surface area contributed by atoms with E-state index in [4.69, 9.17) is 18.9 Å². The number of hydrogen-bond acceptors (Lipinski definition) is 7. The van der Waals surface area contributed by atoms with Crippen LogP contribution in [0, 0.1) is 24.1 Å². The van der Waals surface area contributed by atoms with E-state index in [2.05, 4.69) is 11.0 Å². The number of halogens is 1. The second-order valence-electron chi connectivity index (χ2n) is 8.77. The van der Waals surface area contributed by atoms with E-state index in [1.807, 2.05) is 14.1 Å². The number of likely N-dealkylation sites (N-methyl/N-ethyl adjacent to an activating group) is 1. The molecular weight excluding hydrogens is 391 g/mol. The number of carbonyl (C=O) groups is 1. The molecule has 0 N–H and O–H groups in total. The van der Waals surface area contributed by atoms with Crippen LogP contribution in [-0.2, 0) is 14.9 Å². The van der Waals surface area contributed by atoms with E-state index in [0.717, 1.165) is 6.42 Å².